The molecule has 0 aliphatic carbocycles. The van der Waals surface area contributed by atoms with Crippen LogP contribution >= 0.6 is 0 Å². The highest BCUT2D eigenvalue weighted by Gasteiger charge is 2.30. The van der Waals surface area contributed by atoms with E-state index in [4.69, 9.17) is 9.15 Å². The second-order valence-electron chi connectivity index (χ2n) is 7.35. The first-order chi connectivity index (χ1) is 13.8. The van der Waals surface area contributed by atoms with E-state index >= 15 is 0 Å². The number of halogens is 3. The van der Waals surface area contributed by atoms with Crippen molar-refractivity contribution >= 4 is 11.0 Å². The minimum absolute atomic E-state index is 0.0904. The molecule has 1 saturated heterocycles. The first kappa shape index (κ1) is 19.5. The van der Waals surface area contributed by atoms with Gasteiger partial charge in [-0.05, 0) is 55.8 Å². The molecule has 0 atom stereocenters. The first-order valence-electron chi connectivity index (χ1n) is 9.40. The van der Waals surface area contributed by atoms with Crippen molar-refractivity contribution in [1.29, 1.82) is 0 Å². The van der Waals surface area contributed by atoms with Crippen LogP contribution in [0.2, 0.25) is 0 Å². The average Bonchev–Trinajstić information content (AvgIpc) is 2.68. The van der Waals surface area contributed by atoms with Crippen molar-refractivity contribution < 1.29 is 22.3 Å². The predicted octanol–water partition coefficient (Wildman–Crippen LogP) is 4.95. The normalized spacial score (nSPS) is 16.3. The molecule has 7 heteroatoms. The van der Waals surface area contributed by atoms with E-state index in [2.05, 4.69) is 11.9 Å². The predicted molar refractivity (Wildman–Crippen MR) is 104 cm³/mol. The van der Waals surface area contributed by atoms with Crippen LogP contribution in [0.3, 0.4) is 0 Å². The largest absolute Gasteiger partial charge is 0.490 e. The van der Waals surface area contributed by atoms with Crippen LogP contribution in [0.1, 0.15) is 18.4 Å². The molecule has 1 aliphatic rings. The van der Waals surface area contributed by atoms with Crippen LogP contribution in [0.4, 0.5) is 13.2 Å². The molecular formula is C22H20F3NO3. The zero-order valence-corrected chi connectivity index (χ0v) is 15.8. The molecule has 4 nitrogen and oxygen atoms in total. The van der Waals surface area contributed by atoms with Gasteiger partial charge in [0.2, 0.25) is 0 Å². The lowest BCUT2D eigenvalue weighted by atomic mass is 10.0. The quantitative estimate of drug-likeness (QED) is 0.581. The molecule has 29 heavy (non-hydrogen) atoms. The van der Waals surface area contributed by atoms with Gasteiger partial charge in [-0.25, -0.2) is 4.79 Å². The minimum Gasteiger partial charge on any atom is -0.490 e. The molecule has 152 valence electrons. The maximum Gasteiger partial charge on any atom is 0.416 e. The Morgan fingerprint density at radius 1 is 1.07 bits per heavy atom. The second-order valence-corrected chi connectivity index (χ2v) is 7.35. The van der Waals surface area contributed by atoms with Crippen LogP contribution < -0.4 is 10.4 Å². The molecule has 0 saturated carbocycles. The van der Waals surface area contributed by atoms with Crippen LogP contribution in [0.25, 0.3) is 22.1 Å². The van der Waals surface area contributed by atoms with Crippen LogP contribution in [0, 0.1) is 0 Å². The van der Waals surface area contributed by atoms with Gasteiger partial charge in [0.25, 0.3) is 0 Å². The second kappa shape index (κ2) is 7.55. The van der Waals surface area contributed by atoms with E-state index in [0.717, 1.165) is 38.1 Å². The molecule has 1 fully saturated rings. The number of likely N-dealkylation sites (tertiary alicyclic amines) is 1. The van der Waals surface area contributed by atoms with Gasteiger partial charge in [-0.1, -0.05) is 12.1 Å². The summed E-state index contributed by atoms with van der Waals surface area (Å²) in [6.45, 7) is 1.93. The summed E-state index contributed by atoms with van der Waals surface area (Å²) < 4.78 is 50.3. The molecule has 0 spiro atoms. The minimum atomic E-state index is -4.48. The number of ether oxygens (including phenoxy) is 1. The molecule has 4 rings (SSSR count). The molecule has 2 aromatic carbocycles. The molecule has 0 radical (unpaired) electrons. The van der Waals surface area contributed by atoms with Gasteiger partial charge in [0.1, 0.15) is 17.4 Å². The van der Waals surface area contributed by atoms with Gasteiger partial charge in [0.05, 0.1) is 11.1 Å². The van der Waals surface area contributed by atoms with E-state index in [1.54, 1.807) is 24.3 Å². The van der Waals surface area contributed by atoms with Gasteiger partial charge < -0.3 is 14.1 Å². The summed E-state index contributed by atoms with van der Waals surface area (Å²) in [5, 5.41) is 0.618. The number of rotatable bonds is 3. The Labute approximate surface area is 165 Å². The molecule has 2 heterocycles. The molecule has 0 bridgehead atoms. The maximum atomic E-state index is 13.0. The maximum absolute atomic E-state index is 13.0. The standard InChI is InChI=1S/C22H20F3NO3/c1-26-9-7-17(8-10-26)28-18-6-5-15-12-19(21(27)29-20(15)13-18)14-3-2-4-16(11-14)22(23,24)25/h2-6,11-13,17H,7-10H2,1H3. The van der Waals surface area contributed by atoms with Crippen molar-refractivity contribution in [3.63, 3.8) is 0 Å². The van der Waals surface area contributed by atoms with Gasteiger partial charge in [0, 0.05) is 24.5 Å². The highest BCUT2D eigenvalue weighted by Crippen LogP contribution is 2.32. The van der Waals surface area contributed by atoms with Crippen LogP contribution in [0.15, 0.2) is 57.7 Å². The van der Waals surface area contributed by atoms with Gasteiger partial charge in [-0.2, -0.15) is 13.2 Å². The fraction of sp³-hybridized carbons (Fsp3) is 0.318. The molecule has 0 unspecified atom stereocenters. The number of alkyl halides is 3. The Balaban J connectivity index is 1.64. The van der Waals surface area contributed by atoms with Gasteiger partial charge in [0.15, 0.2) is 0 Å². The van der Waals surface area contributed by atoms with E-state index in [1.807, 2.05) is 0 Å². The molecule has 1 aliphatic heterocycles. The van der Waals surface area contributed by atoms with Crippen molar-refractivity contribution in [2.45, 2.75) is 25.1 Å². The topological polar surface area (TPSA) is 42.7 Å². The Kier molecular flexibility index (Phi) is 5.08. The zero-order valence-electron chi connectivity index (χ0n) is 15.8. The summed E-state index contributed by atoms with van der Waals surface area (Å²) in [7, 11) is 2.07. The van der Waals surface area contributed by atoms with Crippen molar-refractivity contribution in [1.82, 2.24) is 4.90 Å². The summed E-state index contributed by atoms with van der Waals surface area (Å²) in [5.74, 6) is 0.613. The van der Waals surface area contributed by atoms with E-state index in [-0.39, 0.29) is 17.2 Å². The third-order valence-electron chi connectivity index (χ3n) is 5.18. The Morgan fingerprint density at radius 2 is 1.83 bits per heavy atom. The van der Waals surface area contributed by atoms with Crippen molar-refractivity contribution in [3.05, 3.63) is 64.5 Å². The third kappa shape index (κ3) is 4.29. The fourth-order valence-corrected chi connectivity index (χ4v) is 3.52. The number of hydrogen-bond donors (Lipinski definition) is 0. The number of fused-ring (bicyclic) bond motifs is 1. The van der Waals surface area contributed by atoms with Gasteiger partial charge in [-0.15, -0.1) is 0 Å². The van der Waals surface area contributed by atoms with Crippen molar-refractivity contribution in [2.75, 3.05) is 20.1 Å². The fourth-order valence-electron chi connectivity index (χ4n) is 3.52. The van der Waals surface area contributed by atoms with E-state index in [9.17, 15) is 18.0 Å². The summed E-state index contributed by atoms with van der Waals surface area (Å²) in [6, 6.07) is 11.4. The summed E-state index contributed by atoms with van der Waals surface area (Å²) >= 11 is 0. The van der Waals surface area contributed by atoms with E-state index in [0.29, 0.717) is 16.7 Å². The molecule has 0 N–H and O–H groups in total. The highest BCUT2D eigenvalue weighted by atomic mass is 19.4. The number of hydrogen-bond acceptors (Lipinski definition) is 4. The number of piperidine rings is 1. The van der Waals surface area contributed by atoms with E-state index < -0.39 is 17.4 Å². The summed E-state index contributed by atoms with van der Waals surface area (Å²) in [6.07, 6.45) is -2.52. The lowest BCUT2D eigenvalue weighted by Gasteiger charge is -2.29. The number of benzene rings is 2. The Hall–Kier alpha value is -2.80. The summed E-state index contributed by atoms with van der Waals surface area (Å²) in [5.41, 5.74) is -0.893. The average molecular weight is 403 g/mol. The smallest absolute Gasteiger partial charge is 0.416 e. The van der Waals surface area contributed by atoms with Crippen molar-refractivity contribution in [3.8, 4) is 16.9 Å². The monoisotopic (exact) mass is 403 g/mol. The Morgan fingerprint density at radius 3 is 2.55 bits per heavy atom. The van der Waals surface area contributed by atoms with Crippen molar-refractivity contribution in [2.24, 2.45) is 0 Å². The van der Waals surface area contributed by atoms with Crippen LogP contribution in [-0.4, -0.2) is 31.1 Å². The zero-order chi connectivity index (χ0) is 20.6. The SMILES string of the molecule is CN1CCC(Oc2ccc3cc(-c4cccc(C(F)(F)F)c4)c(=O)oc3c2)CC1. The molecule has 3 aromatic rings. The van der Waals surface area contributed by atoms with Gasteiger partial charge in [-0.3, -0.25) is 0 Å². The Bertz CT molecular complexity index is 1080. The lowest BCUT2D eigenvalue weighted by molar-refractivity contribution is -0.137. The lowest BCUT2D eigenvalue weighted by Crippen LogP contribution is -2.35. The number of nitrogens with zero attached hydrogens (tertiary/aromatic N) is 1. The molecule has 1 aromatic heterocycles. The van der Waals surface area contributed by atoms with Crippen LogP contribution in [0.5, 0.6) is 5.75 Å². The van der Waals surface area contributed by atoms with Gasteiger partial charge >= 0.3 is 11.8 Å². The molecule has 0 amide bonds. The molecular weight excluding hydrogens is 383 g/mol. The van der Waals surface area contributed by atoms with E-state index in [1.165, 1.54) is 12.1 Å². The third-order valence-corrected chi connectivity index (χ3v) is 5.18. The van der Waals surface area contributed by atoms with Crippen LogP contribution in [-0.2, 0) is 6.18 Å². The summed E-state index contributed by atoms with van der Waals surface area (Å²) in [4.78, 5) is 14.7. The highest BCUT2D eigenvalue weighted by molar-refractivity contribution is 5.82. The first-order valence-corrected chi connectivity index (χ1v) is 9.40.